The fraction of sp³-hybridized carbons (Fsp3) is 0.750. The van der Waals surface area contributed by atoms with Crippen molar-refractivity contribution < 1.29 is 9.90 Å². The van der Waals surface area contributed by atoms with E-state index in [-0.39, 0.29) is 31.4 Å². The molecule has 0 aromatic rings. The number of rotatable bonds is 6. The third-order valence-corrected chi connectivity index (χ3v) is 2.95. The lowest BCUT2D eigenvalue weighted by molar-refractivity contribution is -0.132. The van der Waals surface area contributed by atoms with Crippen LogP contribution < -0.4 is 0 Å². The van der Waals surface area contributed by atoms with E-state index in [0.717, 1.165) is 6.54 Å². The van der Waals surface area contributed by atoms with Crippen LogP contribution in [0.4, 0.5) is 0 Å². The molecule has 1 aliphatic rings. The quantitative estimate of drug-likeness (QED) is 0.699. The molecule has 0 bridgehead atoms. The molecule has 6 nitrogen and oxygen atoms in total. The summed E-state index contributed by atoms with van der Waals surface area (Å²) in [6, 6.07) is 4.00. The van der Waals surface area contributed by atoms with Crippen molar-refractivity contribution in [2.75, 3.05) is 32.7 Å². The molecule has 1 aliphatic heterocycles. The summed E-state index contributed by atoms with van der Waals surface area (Å²) in [5, 5.41) is 26.5. The first-order valence-electron chi connectivity index (χ1n) is 6.09. The van der Waals surface area contributed by atoms with Crippen molar-refractivity contribution in [2.24, 2.45) is 0 Å². The predicted octanol–water partition coefficient (Wildman–Crippen LogP) is -0.291. The molecule has 1 amide bonds. The van der Waals surface area contributed by atoms with Crippen molar-refractivity contribution in [2.45, 2.75) is 25.4 Å². The van der Waals surface area contributed by atoms with Crippen LogP contribution in [0.5, 0.6) is 0 Å². The molecule has 1 N–H and O–H groups in total. The van der Waals surface area contributed by atoms with Gasteiger partial charge in [0.1, 0.15) is 0 Å². The molecule has 0 aromatic heterocycles. The topological polar surface area (TPSA) is 91.4 Å². The van der Waals surface area contributed by atoms with Crippen LogP contribution in [0.15, 0.2) is 0 Å². The van der Waals surface area contributed by atoms with Gasteiger partial charge in [-0.1, -0.05) is 0 Å². The van der Waals surface area contributed by atoms with Crippen LogP contribution in [0.1, 0.15) is 19.3 Å². The summed E-state index contributed by atoms with van der Waals surface area (Å²) in [5.74, 6) is -0.0744. The van der Waals surface area contributed by atoms with Crippen molar-refractivity contribution in [3.8, 4) is 12.1 Å². The number of likely N-dealkylation sites (tertiary alicyclic amines) is 1. The van der Waals surface area contributed by atoms with Gasteiger partial charge in [-0.05, 0) is 6.42 Å². The maximum absolute atomic E-state index is 12.0. The Labute approximate surface area is 107 Å². The van der Waals surface area contributed by atoms with Gasteiger partial charge in [0.15, 0.2) is 0 Å². The molecule has 1 fully saturated rings. The highest BCUT2D eigenvalue weighted by Gasteiger charge is 2.24. The third-order valence-electron chi connectivity index (χ3n) is 2.95. The summed E-state index contributed by atoms with van der Waals surface area (Å²) in [5.41, 5.74) is 0. The van der Waals surface area contributed by atoms with Crippen LogP contribution in [0.25, 0.3) is 0 Å². The van der Waals surface area contributed by atoms with Crippen LogP contribution >= 0.6 is 0 Å². The second-order valence-electron chi connectivity index (χ2n) is 4.37. The van der Waals surface area contributed by atoms with E-state index >= 15 is 0 Å². The van der Waals surface area contributed by atoms with E-state index in [9.17, 15) is 9.90 Å². The Morgan fingerprint density at radius 2 is 1.94 bits per heavy atom. The maximum atomic E-state index is 12.0. The molecule has 0 saturated carbocycles. The highest BCUT2D eigenvalue weighted by molar-refractivity contribution is 5.78. The molecular weight excluding hydrogens is 232 g/mol. The summed E-state index contributed by atoms with van der Waals surface area (Å²) in [6.07, 6.45) is 0.910. The summed E-state index contributed by atoms with van der Waals surface area (Å²) < 4.78 is 0. The van der Waals surface area contributed by atoms with E-state index in [4.69, 9.17) is 10.5 Å². The van der Waals surface area contributed by atoms with Gasteiger partial charge >= 0.3 is 0 Å². The molecule has 1 atom stereocenters. The molecule has 0 radical (unpaired) electrons. The van der Waals surface area contributed by atoms with E-state index in [0.29, 0.717) is 26.1 Å². The minimum absolute atomic E-state index is 0.0744. The lowest BCUT2D eigenvalue weighted by Gasteiger charge is -2.23. The molecule has 6 heteroatoms. The van der Waals surface area contributed by atoms with Gasteiger partial charge in [0, 0.05) is 26.2 Å². The average Bonchev–Trinajstić information content (AvgIpc) is 2.75. The predicted molar refractivity (Wildman–Crippen MR) is 64.1 cm³/mol. The number of hydrogen-bond acceptors (Lipinski definition) is 5. The first-order chi connectivity index (χ1) is 8.67. The molecular formula is C12H18N4O2. The minimum Gasteiger partial charge on any atom is -0.392 e. The van der Waals surface area contributed by atoms with Crippen molar-refractivity contribution >= 4 is 5.91 Å². The van der Waals surface area contributed by atoms with Gasteiger partial charge in [0.2, 0.25) is 5.91 Å². The smallest absolute Gasteiger partial charge is 0.236 e. The van der Waals surface area contributed by atoms with E-state index in [1.165, 1.54) is 0 Å². The van der Waals surface area contributed by atoms with Gasteiger partial charge < -0.3 is 10.0 Å². The molecule has 98 valence electrons. The van der Waals surface area contributed by atoms with Crippen LogP contribution in [0.3, 0.4) is 0 Å². The first kappa shape index (κ1) is 14.4. The normalized spacial score (nSPS) is 19.2. The van der Waals surface area contributed by atoms with Crippen LogP contribution in [-0.2, 0) is 4.79 Å². The van der Waals surface area contributed by atoms with Crippen LogP contribution in [-0.4, -0.2) is 59.6 Å². The minimum atomic E-state index is -0.343. The number of aliphatic hydroxyl groups excluding tert-OH is 1. The molecule has 1 unspecified atom stereocenters. The largest absolute Gasteiger partial charge is 0.392 e. The number of amides is 1. The summed E-state index contributed by atoms with van der Waals surface area (Å²) in [4.78, 5) is 15.5. The first-order valence-corrected chi connectivity index (χ1v) is 6.09. The standard InChI is InChI=1S/C12H18N4O2/c13-4-1-6-16(7-2-5-14)12(18)10-15-8-3-11(17)9-15/h11,17H,1-3,6-10H2. The molecule has 0 aromatic carbocycles. The zero-order valence-electron chi connectivity index (χ0n) is 10.4. The third kappa shape index (κ3) is 4.70. The lowest BCUT2D eigenvalue weighted by atomic mass is 10.3. The summed E-state index contributed by atoms with van der Waals surface area (Å²) in [7, 11) is 0. The molecule has 0 spiro atoms. The second-order valence-corrected chi connectivity index (χ2v) is 4.37. The van der Waals surface area contributed by atoms with Crippen molar-refractivity contribution in [3.63, 3.8) is 0 Å². The van der Waals surface area contributed by atoms with Crippen molar-refractivity contribution in [1.29, 1.82) is 10.5 Å². The van der Waals surface area contributed by atoms with E-state index in [1.54, 1.807) is 4.90 Å². The number of carbonyl (C=O) groups excluding carboxylic acids is 1. The van der Waals surface area contributed by atoms with E-state index in [1.807, 2.05) is 17.0 Å². The summed E-state index contributed by atoms with van der Waals surface area (Å²) in [6.45, 7) is 2.24. The molecule has 1 rings (SSSR count). The Balaban J connectivity index is 2.43. The van der Waals surface area contributed by atoms with Gasteiger partial charge in [-0.2, -0.15) is 10.5 Å². The van der Waals surface area contributed by atoms with Gasteiger partial charge in [0.05, 0.1) is 37.6 Å². The number of aliphatic hydroxyl groups is 1. The SMILES string of the molecule is N#CCCN(CCC#N)C(=O)CN1CCC(O)C1. The summed E-state index contributed by atoms with van der Waals surface area (Å²) >= 11 is 0. The number of hydrogen-bond donors (Lipinski definition) is 1. The zero-order chi connectivity index (χ0) is 13.4. The Morgan fingerprint density at radius 1 is 1.33 bits per heavy atom. The van der Waals surface area contributed by atoms with Crippen LogP contribution in [0, 0.1) is 22.7 Å². The van der Waals surface area contributed by atoms with E-state index < -0.39 is 0 Å². The zero-order valence-corrected chi connectivity index (χ0v) is 10.4. The lowest BCUT2D eigenvalue weighted by Crippen LogP contribution is -2.40. The Kier molecular flexibility index (Phi) is 6.13. The van der Waals surface area contributed by atoms with Gasteiger partial charge in [-0.3, -0.25) is 9.69 Å². The number of nitrogens with zero attached hydrogens (tertiary/aromatic N) is 4. The Bertz CT molecular complexity index is 340. The number of nitriles is 2. The number of carbonyl (C=O) groups is 1. The maximum Gasteiger partial charge on any atom is 0.236 e. The molecule has 0 aliphatic carbocycles. The van der Waals surface area contributed by atoms with E-state index in [2.05, 4.69) is 0 Å². The van der Waals surface area contributed by atoms with Gasteiger partial charge in [-0.15, -0.1) is 0 Å². The molecule has 1 heterocycles. The highest BCUT2D eigenvalue weighted by atomic mass is 16.3. The number of β-amino-alcohol motifs (C(OH)–C–C–N with tert-alkyl or cyclic N) is 1. The molecule has 18 heavy (non-hydrogen) atoms. The van der Waals surface area contributed by atoms with Crippen molar-refractivity contribution in [3.05, 3.63) is 0 Å². The highest BCUT2D eigenvalue weighted by Crippen LogP contribution is 2.09. The van der Waals surface area contributed by atoms with Gasteiger partial charge in [-0.25, -0.2) is 0 Å². The average molecular weight is 250 g/mol. The van der Waals surface area contributed by atoms with Crippen LogP contribution in [0.2, 0.25) is 0 Å². The van der Waals surface area contributed by atoms with Gasteiger partial charge in [0.25, 0.3) is 0 Å². The molecule has 1 saturated heterocycles. The van der Waals surface area contributed by atoms with Crippen molar-refractivity contribution in [1.82, 2.24) is 9.80 Å². The second kappa shape index (κ2) is 7.65. The Morgan fingerprint density at radius 3 is 2.39 bits per heavy atom. The monoisotopic (exact) mass is 250 g/mol. The fourth-order valence-corrected chi connectivity index (χ4v) is 1.98. The Hall–Kier alpha value is -1.63. The fourth-order valence-electron chi connectivity index (χ4n) is 1.98.